The van der Waals surface area contributed by atoms with E-state index in [0.717, 1.165) is 10.5 Å². The van der Waals surface area contributed by atoms with Crippen molar-refractivity contribution in [2.75, 3.05) is 4.90 Å². The molecule has 1 aliphatic heterocycles. The zero-order valence-corrected chi connectivity index (χ0v) is 12.9. The van der Waals surface area contributed by atoms with Crippen LogP contribution in [0.2, 0.25) is 10.0 Å². The van der Waals surface area contributed by atoms with Gasteiger partial charge >= 0.3 is 6.03 Å². The lowest BCUT2D eigenvalue weighted by atomic mass is 10.1. The number of nitrogens with one attached hydrogen (secondary N) is 1. The summed E-state index contributed by atoms with van der Waals surface area (Å²) in [7, 11) is 0. The zero-order valence-electron chi connectivity index (χ0n) is 11.4. The molecule has 1 fully saturated rings. The fraction of sp³-hybridized carbons (Fsp3) is 0.125. The van der Waals surface area contributed by atoms with Crippen molar-refractivity contribution in [3.8, 4) is 0 Å². The van der Waals surface area contributed by atoms with Crippen molar-refractivity contribution in [1.29, 1.82) is 0 Å². The maximum absolute atomic E-state index is 12.5. The normalized spacial score (nSPS) is 17.7. The maximum Gasteiger partial charge on any atom is 0.329 e. The average Bonchev–Trinajstić information content (AvgIpc) is 2.73. The van der Waals surface area contributed by atoms with Gasteiger partial charge in [-0.25, -0.2) is 9.69 Å². The molecule has 0 unspecified atom stereocenters. The third-order valence-electron chi connectivity index (χ3n) is 3.41. The Kier molecular flexibility index (Phi) is 4.05. The number of hydrogen-bond donors (Lipinski definition) is 1. The predicted molar refractivity (Wildman–Crippen MR) is 88.5 cm³/mol. The first-order valence-corrected chi connectivity index (χ1v) is 7.44. The highest BCUT2D eigenvalue weighted by Gasteiger charge is 2.39. The van der Waals surface area contributed by atoms with Gasteiger partial charge in [0.05, 0.1) is 5.69 Å². The van der Waals surface area contributed by atoms with Gasteiger partial charge in [0.2, 0.25) is 0 Å². The van der Waals surface area contributed by atoms with E-state index in [0.29, 0.717) is 22.2 Å². The number of nitrogens with zero attached hydrogens (tertiary/aromatic N) is 1. The quantitative estimate of drug-likeness (QED) is 0.863. The molecule has 1 aliphatic rings. The van der Waals surface area contributed by atoms with Gasteiger partial charge in [-0.1, -0.05) is 53.5 Å². The minimum Gasteiger partial charge on any atom is -0.325 e. The minimum absolute atomic E-state index is 0. The Balaban J connectivity index is 0.00000192. The van der Waals surface area contributed by atoms with E-state index in [1.807, 2.05) is 30.3 Å². The van der Waals surface area contributed by atoms with Gasteiger partial charge in [0.15, 0.2) is 0 Å². The summed E-state index contributed by atoms with van der Waals surface area (Å²) in [4.78, 5) is 25.7. The standard InChI is InChI=1S/C16H12Cl2N2O2.H2/c17-11-7-12(18)9-13(8-11)20-15(21)14(19-16(20)22)6-10-4-2-1-3-5-10;/h1-5,7-9,14H,6H2,(H,19,22);1H/t14-;/m1./s1/i;1+1. The Morgan fingerprint density at radius 2 is 1.68 bits per heavy atom. The first-order valence-electron chi connectivity index (χ1n) is 6.69. The van der Waals surface area contributed by atoms with Crippen molar-refractivity contribution in [2.24, 2.45) is 0 Å². The average molecular weight is 338 g/mol. The van der Waals surface area contributed by atoms with Gasteiger partial charge in [-0.15, -0.1) is 0 Å². The van der Waals surface area contributed by atoms with Crippen molar-refractivity contribution in [3.05, 3.63) is 64.1 Å². The van der Waals surface area contributed by atoms with E-state index in [1.165, 1.54) is 12.1 Å². The van der Waals surface area contributed by atoms with Crippen LogP contribution >= 0.6 is 23.2 Å². The van der Waals surface area contributed by atoms with Crippen LogP contribution in [0.3, 0.4) is 0 Å². The number of hydrogen-bond acceptors (Lipinski definition) is 2. The highest BCUT2D eigenvalue weighted by molar-refractivity contribution is 6.35. The van der Waals surface area contributed by atoms with E-state index in [-0.39, 0.29) is 7.33 Å². The zero-order chi connectivity index (χ0) is 15.7. The first-order chi connectivity index (χ1) is 10.5. The predicted octanol–water partition coefficient (Wildman–Crippen LogP) is 3.91. The van der Waals surface area contributed by atoms with Gasteiger partial charge in [0, 0.05) is 17.9 Å². The Morgan fingerprint density at radius 3 is 2.32 bits per heavy atom. The fourth-order valence-electron chi connectivity index (χ4n) is 2.43. The van der Waals surface area contributed by atoms with Crippen LogP contribution in [0, 0.1) is 0 Å². The molecule has 0 aromatic heterocycles. The molecule has 22 heavy (non-hydrogen) atoms. The third-order valence-corrected chi connectivity index (χ3v) is 3.84. The summed E-state index contributed by atoms with van der Waals surface area (Å²) in [5.41, 5.74) is 1.35. The summed E-state index contributed by atoms with van der Waals surface area (Å²) >= 11 is 11.9. The molecule has 0 bridgehead atoms. The van der Waals surface area contributed by atoms with Gasteiger partial charge in [-0.2, -0.15) is 0 Å². The number of amides is 3. The molecule has 1 saturated heterocycles. The summed E-state index contributed by atoms with van der Waals surface area (Å²) in [6.45, 7) is 0. The lowest BCUT2D eigenvalue weighted by molar-refractivity contribution is -0.118. The summed E-state index contributed by atoms with van der Waals surface area (Å²) < 4.78 is 0. The highest BCUT2D eigenvalue weighted by Crippen LogP contribution is 2.28. The van der Waals surface area contributed by atoms with Crippen molar-refractivity contribution < 1.29 is 11.0 Å². The van der Waals surface area contributed by atoms with Gasteiger partial charge < -0.3 is 5.32 Å². The van der Waals surface area contributed by atoms with Gasteiger partial charge in [-0.3, -0.25) is 4.79 Å². The summed E-state index contributed by atoms with van der Waals surface area (Å²) in [5, 5.41) is 3.43. The van der Waals surface area contributed by atoms with E-state index in [2.05, 4.69) is 5.32 Å². The molecule has 3 rings (SSSR count). The van der Waals surface area contributed by atoms with E-state index < -0.39 is 12.1 Å². The molecule has 0 aliphatic carbocycles. The number of carbonyl (C=O) groups excluding carboxylic acids is 2. The first kappa shape index (κ1) is 14.9. The molecule has 1 atom stereocenters. The molecular weight excluding hydrogens is 323 g/mol. The van der Waals surface area contributed by atoms with Crippen molar-refractivity contribution in [1.82, 2.24) is 5.32 Å². The largest absolute Gasteiger partial charge is 0.329 e. The second-order valence-corrected chi connectivity index (χ2v) is 5.87. The lowest BCUT2D eigenvalue weighted by Crippen LogP contribution is -2.32. The fourth-order valence-corrected chi connectivity index (χ4v) is 2.95. The number of rotatable bonds is 3. The monoisotopic (exact) mass is 337 g/mol. The third kappa shape index (κ3) is 2.93. The van der Waals surface area contributed by atoms with Crippen LogP contribution in [0.25, 0.3) is 0 Å². The van der Waals surface area contributed by atoms with Crippen molar-refractivity contribution in [2.45, 2.75) is 12.5 Å². The molecular formula is C16H14Cl2N2O2. The molecule has 1 heterocycles. The molecule has 0 radical (unpaired) electrons. The van der Waals surface area contributed by atoms with Crippen LogP contribution in [0.5, 0.6) is 0 Å². The Morgan fingerprint density at radius 1 is 1.05 bits per heavy atom. The van der Waals surface area contributed by atoms with Gasteiger partial charge in [0.25, 0.3) is 5.91 Å². The lowest BCUT2D eigenvalue weighted by Gasteiger charge is -2.14. The number of anilines is 1. The number of urea groups is 1. The second kappa shape index (κ2) is 5.99. The number of carbonyl (C=O) groups is 2. The van der Waals surface area contributed by atoms with E-state index in [1.54, 1.807) is 6.07 Å². The van der Waals surface area contributed by atoms with Crippen LogP contribution in [0.15, 0.2) is 48.5 Å². The summed E-state index contributed by atoms with van der Waals surface area (Å²) in [5.74, 6) is -0.313. The molecule has 4 nitrogen and oxygen atoms in total. The summed E-state index contributed by atoms with van der Waals surface area (Å²) in [6, 6.07) is 13.1. The highest BCUT2D eigenvalue weighted by atomic mass is 35.5. The van der Waals surface area contributed by atoms with Gasteiger partial charge in [-0.05, 0) is 23.8 Å². The SMILES string of the molecule is O=C1N[C@H](Cc2ccccc2)C(=O)N1c1cc(Cl)cc(Cl)c1.[2HH]. The molecule has 0 spiro atoms. The smallest absolute Gasteiger partial charge is 0.325 e. The Bertz CT molecular complexity index is 720. The molecule has 0 saturated carbocycles. The minimum atomic E-state index is -0.590. The van der Waals surface area contributed by atoms with Crippen molar-refractivity contribution in [3.63, 3.8) is 0 Å². The molecule has 6 heteroatoms. The Labute approximate surface area is 139 Å². The maximum atomic E-state index is 12.5. The summed E-state index contributed by atoms with van der Waals surface area (Å²) in [6.07, 6.45) is 0.441. The Hall–Kier alpha value is -2.04. The van der Waals surface area contributed by atoms with E-state index in [9.17, 15) is 9.59 Å². The van der Waals surface area contributed by atoms with E-state index >= 15 is 0 Å². The van der Waals surface area contributed by atoms with Crippen molar-refractivity contribution >= 4 is 40.8 Å². The van der Waals surface area contributed by atoms with E-state index in [4.69, 9.17) is 23.2 Å². The van der Waals surface area contributed by atoms with Gasteiger partial charge in [0.1, 0.15) is 6.04 Å². The number of halogens is 2. The van der Waals surface area contributed by atoms with Crippen LogP contribution < -0.4 is 10.2 Å². The second-order valence-electron chi connectivity index (χ2n) is 4.99. The molecule has 114 valence electrons. The van der Waals surface area contributed by atoms with Crippen LogP contribution in [-0.2, 0) is 11.2 Å². The van der Waals surface area contributed by atoms with Crippen LogP contribution in [0.1, 0.15) is 6.99 Å². The molecule has 3 amide bonds. The topological polar surface area (TPSA) is 49.4 Å². The number of benzene rings is 2. The van der Waals surface area contributed by atoms with Crippen LogP contribution in [-0.4, -0.2) is 18.0 Å². The molecule has 2 aromatic rings. The molecule has 1 N–H and O–H groups in total. The van der Waals surface area contributed by atoms with Crippen LogP contribution in [0.4, 0.5) is 10.5 Å². The molecule has 2 aromatic carbocycles. The number of imide groups is 1.